The van der Waals surface area contributed by atoms with Crippen LogP contribution in [0.1, 0.15) is 5.56 Å². The lowest BCUT2D eigenvalue weighted by Crippen LogP contribution is -2.03. The number of ether oxygens (including phenoxy) is 2. The summed E-state index contributed by atoms with van der Waals surface area (Å²) in [6.07, 6.45) is 0.219. The smallest absolute Gasteiger partial charge is 0.120 e. The van der Waals surface area contributed by atoms with Crippen molar-refractivity contribution in [1.29, 1.82) is 5.26 Å². The van der Waals surface area contributed by atoms with Crippen molar-refractivity contribution in [3.05, 3.63) is 28.8 Å². The number of epoxide rings is 1. The molecule has 0 saturated carbocycles. The molecule has 0 spiro atoms. The van der Waals surface area contributed by atoms with Gasteiger partial charge in [-0.3, -0.25) is 0 Å². The van der Waals surface area contributed by atoms with Crippen LogP contribution in [-0.2, 0) is 4.74 Å². The average molecular weight is 210 g/mol. The number of benzene rings is 1. The third kappa shape index (κ3) is 2.16. The largest absolute Gasteiger partial charge is 0.491 e. The summed E-state index contributed by atoms with van der Waals surface area (Å²) in [7, 11) is 0. The van der Waals surface area contributed by atoms with Gasteiger partial charge in [0, 0.05) is 0 Å². The molecular weight excluding hydrogens is 202 g/mol. The molecule has 0 aromatic heterocycles. The van der Waals surface area contributed by atoms with Gasteiger partial charge < -0.3 is 9.47 Å². The molecule has 1 fully saturated rings. The van der Waals surface area contributed by atoms with Gasteiger partial charge in [0.2, 0.25) is 0 Å². The van der Waals surface area contributed by atoms with Gasteiger partial charge in [0.1, 0.15) is 24.5 Å². The summed E-state index contributed by atoms with van der Waals surface area (Å²) >= 11 is 5.77. The molecule has 1 aromatic rings. The van der Waals surface area contributed by atoms with E-state index in [4.69, 9.17) is 26.3 Å². The first-order chi connectivity index (χ1) is 6.79. The van der Waals surface area contributed by atoms with Crippen LogP contribution >= 0.6 is 11.6 Å². The maximum Gasteiger partial charge on any atom is 0.120 e. The Morgan fingerprint density at radius 1 is 1.64 bits per heavy atom. The summed E-state index contributed by atoms with van der Waals surface area (Å²) in [6, 6.07) is 7.02. The Morgan fingerprint density at radius 3 is 3.07 bits per heavy atom. The fourth-order valence-corrected chi connectivity index (χ4v) is 1.19. The van der Waals surface area contributed by atoms with Gasteiger partial charge >= 0.3 is 0 Å². The van der Waals surface area contributed by atoms with E-state index in [1.807, 2.05) is 6.07 Å². The fourth-order valence-electron chi connectivity index (χ4n) is 1.03. The zero-order chi connectivity index (χ0) is 9.97. The van der Waals surface area contributed by atoms with E-state index >= 15 is 0 Å². The van der Waals surface area contributed by atoms with E-state index in [2.05, 4.69) is 0 Å². The summed E-state index contributed by atoms with van der Waals surface area (Å²) < 4.78 is 10.4. The Balaban J connectivity index is 2.06. The second-order valence-electron chi connectivity index (χ2n) is 3.02. The zero-order valence-corrected chi connectivity index (χ0v) is 8.12. The molecule has 0 bridgehead atoms. The molecule has 1 unspecified atom stereocenters. The van der Waals surface area contributed by atoms with Crippen LogP contribution in [0.5, 0.6) is 5.75 Å². The third-order valence-electron chi connectivity index (χ3n) is 1.90. The summed E-state index contributed by atoms with van der Waals surface area (Å²) in [5.41, 5.74) is 0.431. The number of nitrogens with zero attached hydrogens (tertiary/aromatic N) is 1. The number of hydrogen-bond donors (Lipinski definition) is 0. The summed E-state index contributed by atoms with van der Waals surface area (Å²) in [5, 5.41) is 9.16. The Hall–Kier alpha value is -1.24. The first-order valence-corrected chi connectivity index (χ1v) is 4.61. The van der Waals surface area contributed by atoms with E-state index in [-0.39, 0.29) is 6.10 Å². The van der Waals surface area contributed by atoms with Crippen molar-refractivity contribution in [3.8, 4) is 11.8 Å². The van der Waals surface area contributed by atoms with Crippen LogP contribution in [0.25, 0.3) is 0 Å². The molecule has 4 heteroatoms. The van der Waals surface area contributed by atoms with Crippen molar-refractivity contribution >= 4 is 11.6 Å². The topological polar surface area (TPSA) is 45.5 Å². The first kappa shape index (κ1) is 9.32. The molecule has 0 radical (unpaired) electrons. The minimum absolute atomic E-state index is 0.219. The van der Waals surface area contributed by atoms with Gasteiger partial charge in [-0.2, -0.15) is 5.26 Å². The van der Waals surface area contributed by atoms with Crippen LogP contribution in [0.4, 0.5) is 0 Å². The Morgan fingerprint density at radius 2 is 2.43 bits per heavy atom. The number of nitriles is 1. The third-order valence-corrected chi connectivity index (χ3v) is 2.23. The van der Waals surface area contributed by atoms with Crippen molar-refractivity contribution < 1.29 is 9.47 Å². The van der Waals surface area contributed by atoms with Gasteiger partial charge in [-0.25, -0.2) is 0 Å². The molecule has 2 rings (SSSR count). The summed E-state index contributed by atoms with van der Waals surface area (Å²) in [6.45, 7) is 1.30. The second-order valence-corrected chi connectivity index (χ2v) is 3.43. The van der Waals surface area contributed by atoms with Gasteiger partial charge in [-0.05, 0) is 18.2 Å². The highest BCUT2D eigenvalue weighted by Gasteiger charge is 2.23. The lowest BCUT2D eigenvalue weighted by Gasteiger charge is -2.04. The molecular formula is C10H8ClNO2. The summed E-state index contributed by atoms with van der Waals surface area (Å²) in [5.74, 6) is 0.654. The first-order valence-electron chi connectivity index (χ1n) is 4.23. The highest BCUT2D eigenvalue weighted by molar-refractivity contribution is 6.31. The fraction of sp³-hybridized carbons (Fsp3) is 0.300. The molecule has 1 heterocycles. The van der Waals surface area contributed by atoms with Crippen LogP contribution in [0.2, 0.25) is 5.02 Å². The molecule has 3 nitrogen and oxygen atoms in total. The van der Waals surface area contributed by atoms with Gasteiger partial charge in [0.25, 0.3) is 0 Å². The number of rotatable bonds is 3. The Kier molecular flexibility index (Phi) is 2.58. The Bertz CT molecular complexity index is 382. The number of hydrogen-bond acceptors (Lipinski definition) is 3. The Labute approximate surface area is 86.8 Å². The van der Waals surface area contributed by atoms with Gasteiger partial charge in [0.05, 0.1) is 17.2 Å². The van der Waals surface area contributed by atoms with E-state index in [0.29, 0.717) is 22.9 Å². The highest BCUT2D eigenvalue weighted by atomic mass is 35.5. The van der Waals surface area contributed by atoms with E-state index in [1.165, 1.54) is 0 Å². The standard InChI is InChI=1S/C10H8ClNO2/c11-10-2-1-8(3-7(10)4-12)13-5-9-6-14-9/h1-3,9H,5-6H2. The molecule has 1 aliphatic rings. The van der Waals surface area contributed by atoms with Gasteiger partial charge in [-0.1, -0.05) is 11.6 Å². The lowest BCUT2D eigenvalue weighted by molar-refractivity contribution is 0.263. The van der Waals surface area contributed by atoms with Crippen LogP contribution in [0.3, 0.4) is 0 Å². The SMILES string of the molecule is N#Cc1cc(OCC2CO2)ccc1Cl. The van der Waals surface area contributed by atoms with Crippen molar-refractivity contribution in [2.75, 3.05) is 13.2 Å². The monoisotopic (exact) mass is 209 g/mol. The number of halogens is 1. The van der Waals surface area contributed by atoms with Crippen molar-refractivity contribution in [2.45, 2.75) is 6.10 Å². The van der Waals surface area contributed by atoms with Crippen molar-refractivity contribution in [2.24, 2.45) is 0 Å². The van der Waals surface area contributed by atoms with E-state index < -0.39 is 0 Å². The van der Waals surface area contributed by atoms with Crippen LogP contribution < -0.4 is 4.74 Å². The average Bonchev–Trinajstić information content (AvgIpc) is 3.00. The van der Waals surface area contributed by atoms with Crippen LogP contribution in [-0.4, -0.2) is 19.3 Å². The molecule has 0 amide bonds. The van der Waals surface area contributed by atoms with Crippen molar-refractivity contribution in [3.63, 3.8) is 0 Å². The lowest BCUT2D eigenvalue weighted by atomic mass is 10.2. The molecule has 1 aliphatic heterocycles. The molecule has 1 atom stereocenters. The molecule has 72 valence electrons. The molecule has 1 saturated heterocycles. The predicted octanol–water partition coefficient (Wildman–Crippen LogP) is 1.99. The van der Waals surface area contributed by atoms with E-state index in [1.54, 1.807) is 18.2 Å². The van der Waals surface area contributed by atoms with E-state index in [0.717, 1.165) is 6.61 Å². The molecule has 0 N–H and O–H groups in total. The minimum atomic E-state index is 0.219. The van der Waals surface area contributed by atoms with Crippen LogP contribution in [0.15, 0.2) is 18.2 Å². The van der Waals surface area contributed by atoms with Gasteiger partial charge in [-0.15, -0.1) is 0 Å². The maximum atomic E-state index is 8.72. The normalized spacial score (nSPS) is 18.7. The molecule has 14 heavy (non-hydrogen) atoms. The van der Waals surface area contributed by atoms with E-state index in [9.17, 15) is 0 Å². The highest BCUT2D eigenvalue weighted by Crippen LogP contribution is 2.22. The minimum Gasteiger partial charge on any atom is -0.491 e. The predicted molar refractivity (Wildman–Crippen MR) is 51.4 cm³/mol. The second kappa shape index (κ2) is 3.87. The van der Waals surface area contributed by atoms with Crippen LogP contribution in [0, 0.1) is 11.3 Å². The zero-order valence-electron chi connectivity index (χ0n) is 7.37. The maximum absolute atomic E-state index is 8.72. The molecule has 1 aromatic carbocycles. The molecule has 0 aliphatic carbocycles. The van der Waals surface area contributed by atoms with Crippen molar-refractivity contribution in [1.82, 2.24) is 0 Å². The van der Waals surface area contributed by atoms with Gasteiger partial charge in [0.15, 0.2) is 0 Å². The summed E-state index contributed by atoms with van der Waals surface area (Å²) in [4.78, 5) is 0. The quantitative estimate of drug-likeness (QED) is 0.716.